The average molecular weight is 379 g/mol. The Bertz CT molecular complexity index is 659. The summed E-state index contributed by atoms with van der Waals surface area (Å²) in [4.78, 5) is 26.8. The normalized spacial score (nSPS) is 17.6. The third-order valence-corrected chi connectivity index (χ3v) is 4.27. The number of methoxy groups -OCH3 is 1. The maximum Gasteiger partial charge on any atom is 0.410 e. The Morgan fingerprint density at radius 3 is 2.59 bits per heavy atom. The highest BCUT2D eigenvalue weighted by Gasteiger charge is 2.34. The van der Waals surface area contributed by atoms with E-state index in [1.807, 2.05) is 45.0 Å². The number of carbonyl (C=O) groups is 2. The maximum absolute atomic E-state index is 12.5. The van der Waals surface area contributed by atoms with E-state index in [0.717, 1.165) is 11.3 Å². The number of hydrogen-bond donors (Lipinski definition) is 2. The summed E-state index contributed by atoms with van der Waals surface area (Å²) >= 11 is 0. The molecule has 1 saturated heterocycles. The summed E-state index contributed by atoms with van der Waals surface area (Å²) in [6.07, 6.45) is -1.40. The summed E-state index contributed by atoms with van der Waals surface area (Å²) in [6.45, 7) is 7.26. The number of piperazine rings is 1. The first-order valence-electron chi connectivity index (χ1n) is 9.01. The molecule has 0 unspecified atom stereocenters. The molecule has 1 heterocycles. The first-order chi connectivity index (χ1) is 12.7. The van der Waals surface area contributed by atoms with E-state index in [2.05, 4.69) is 5.32 Å². The van der Waals surface area contributed by atoms with E-state index < -0.39 is 17.8 Å². The summed E-state index contributed by atoms with van der Waals surface area (Å²) in [6, 6.07) is 7.37. The van der Waals surface area contributed by atoms with Crippen molar-refractivity contribution in [2.24, 2.45) is 0 Å². The molecule has 0 spiro atoms. The lowest BCUT2D eigenvalue weighted by atomic mass is 10.1. The van der Waals surface area contributed by atoms with Crippen LogP contribution in [0.15, 0.2) is 24.3 Å². The van der Waals surface area contributed by atoms with Gasteiger partial charge in [0.1, 0.15) is 11.4 Å². The van der Waals surface area contributed by atoms with Gasteiger partial charge in [-0.1, -0.05) is 18.2 Å². The number of nitrogens with one attached hydrogen (secondary N) is 1. The zero-order valence-electron chi connectivity index (χ0n) is 16.4. The maximum atomic E-state index is 12.5. The zero-order chi connectivity index (χ0) is 20.0. The van der Waals surface area contributed by atoms with E-state index in [1.54, 1.807) is 12.0 Å². The minimum atomic E-state index is -0.978. The van der Waals surface area contributed by atoms with Crippen LogP contribution in [0.25, 0.3) is 0 Å². The van der Waals surface area contributed by atoms with Crippen LogP contribution in [0.3, 0.4) is 0 Å². The van der Waals surface area contributed by atoms with Crippen molar-refractivity contribution in [2.45, 2.75) is 39.0 Å². The third-order valence-electron chi connectivity index (χ3n) is 4.27. The van der Waals surface area contributed by atoms with Crippen LogP contribution < -0.4 is 10.1 Å². The van der Waals surface area contributed by atoms with Crippen LogP contribution >= 0.6 is 0 Å². The molecule has 2 N–H and O–H groups in total. The fourth-order valence-electron chi connectivity index (χ4n) is 2.99. The number of amides is 2. The number of rotatable bonds is 5. The van der Waals surface area contributed by atoms with E-state index in [0.29, 0.717) is 19.6 Å². The van der Waals surface area contributed by atoms with Crippen LogP contribution in [0, 0.1) is 0 Å². The molecular weight excluding hydrogens is 350 g/mol. The molecule has 8 nitrogen and oxygen atoms in total. The van der Waals surface area contributed by atoms with Gasteiger partial charge in [-0.05, 0) is 26.8 Å². The van der Waals surface area contributed by atoms with Crippen LogP contribution in [0.4, 0.5) is 9.59 Å². The highest BCUT2D eigenvalue weighted by atomic mass is 16.6. The first kappa shape index (κ1) is 20.8. The van der Waals surface area contributed by atoms with Crippen molar-refractivity contribution in [1.29, 1.82) is 0 Å². The molecule has 1 aromatic rings. The van der Waals surface area contributed by atoms with Crippen molar-refractivity contribution >= 4 is 12.2 Å². The van der Waals surface area contributed by atoms with Gasteiger partial charge >= 0.3 is 12.2 Å². The van der Waals surface area contributed by atoms with Crippen LogP contribution in [-0.2, 0) is 11.3 Å². The quantitative estimate of drug-likeness (QED) is 0.816. The summed E-state index contributed by atoms with van der Waals surface area (Å²) in [7, 11) is 1.62. The Labute approximate surface area is 160 Å². The number of nitrogens with zero attached hydrogens (tertiary/aromatic N) is 2. The monoisotopic (exact) mass is 379 g/mol. The molecule has 27 heavy (non-hydrogen) atoms. The van der Waals surface area contributed by atoms with Gasteiger partial charge < -0.3 is 29.7 Å². The number of carbonyl (C=O) groups excluding carboxylic acids is 1. The summed E-state index contributed by atoms with van der Waals surface area (Å²) < 4.78 is 10.8. The van der Waals surface area contributed by atoms with Crippen molar-refractivity contribution in [3.8, 4) is 5.75 Å². The minimum absolute atomic E-state index is 0.244. The number of ether oxygens (including phenoxy) is 2. The second-order valence-corrected chi connectivity index (χ2v) is 7.50. The average Bonchev–Trinajstić information content (AvgIpc) is 2.60. The smallest absolute Gasteiger partial charge is 0.410 e. The highest BCUT2D eigenvalue weighted by molar-refractivity contribution is 5.70. The van der Waals surface area contributed by atoms with Crippen molar-refractivity contribution in [3.05, 3.63) is 29.8 Å². The predicted molar refractivity (Wildman–Crippen MR) is 101 cm³/mol. The molecule has 150 valence electrons. The molecule has 0 aromatic heterocycles. The molecule has 1 aromatic carbocycles. The van der Waals surface area contributed by atoms with Crippen LogP contribution in [0.1, 0.15) is 26.3 Å². The van der Waals surface area contributed by atoms with Gasteiger partial charge in [-0.25, -0.2) is 9.59 Å². The van der Waals surface area contributed by atoms with Crippen molar-refractivity contribution in [3.63, 3.8) is 0 Å². The molecule has 0 bridgehead atoms. The molecule has 1 atom stereocenters. The Morgan fingerprint density at radius 2 is 1.96 bits per heavy atom. The van der Waals surface area contributed by atoms with Gasteiger partial charge in [0.05, 0.1) is 13.2 Å². The van der Waals surface area contributed by atoms with Gasteiger partial charge in [0.15, 0.2) is 0 Å². The van der Waals surface area contributed by atoms with E-state index in [-0.39, 0.29) is 19.1 Å². The molecule has 0 radical (unpaired) electrons. The molecule has 2 rings (SSSR count). The standard InChI is InChI=1S/C19H29N3O5/c1-19(2,3)27-18(25)22-10-9-21(17(23)24)13-15(22)12-20-11-14-7-5-6-8-16(14)26-4/h5-8,15,20H,9-13H2,1-4H3,(H,23,24)/t15-/m1/s1. The number of carboxylic acid groups (broad SMARTS) is 1. The molecular formula is C19H29N3O5. The Balaban J connectivity index is 2.02. The van der Waals surface area contributed by atoms with Crippen molar-refractivity contribution in [2.75, 3.05) is 33.3 Å². The van der Waals surface area contributed by atoms with Crippen LogP contribution in [-0.4, -0.2) is 72.0 Å². The zero-order valence-corrected chi connectivity index (χ0v) is 16.4. The van der Waals surface area contributed by atoms with Crippen LogP contribution in [0.2, 0.25) is 0 Å². The third kappa shape index (κ3) is 6.02. The molecule has 1 aliphatic heterocycles. The topological polar surface area (TPSA) is 91.3 Å². The first-order valence-corrected chi connectivity index (χ1v) is 9.01. The molecule has 2 amide bonds. The largest absolute Gasteiger partial charge is 0.496 e. The van der Waals surface area contributed by atoms with E-state index in [1.165, 1.54) is 4.90 Å². The van der Waals surface area contributed by atoms with Gasteiger partial charge in [-0.15, -0.1) is 0 Å². The highest BCUT2D eigenvalue weighted by Crippen LogP contribution is 2.18. The molecule has 0 saturated carbocycles. The Hall–Kier alpha value is -2.48. The van der Waals surface area contributed by atoms with Gasteiger partial charge in [-0.3, -0.25) is 0 Å². The van der Waals surface area contributed by atoms with E-state index >= 15 is 0 Å². The summed E-state index contributed by atoms with van der Waals surface area (Å²) in [5, 5.41) is 12.6. The predicted octanol–water partition coefficient (Wildman–Crippen LogP) is 2.38. The summed E-state index contributed by atoms with van der Waals surface area (Å²) in [5.74, 6) is 0.782. The van der Waals surface area contributed by atoms with E-state index in [4.69, 9.17) is 9.47 Å². The second-order valence-electron chi connectivity index (χ2n) is 7.50. The van der Waals surface area contributed by atoms with Gasteiger partial charge in [0.25, 0.3) is 0 Å². The number of benzene rings is 1. The Kier molecular flexibility index (Phi) is 6.90. The molecule has 1 aliphatic rings. The number of para-hydroxylation sites is 1. The SMILES string of the molecule is COc1ccccc1CNC[C@@H]1CN(C(=O)O)CCN1C(=O)OC(C)(C)C. The fourth-order valence-corrected chi connectivity index (χ4v) is 2.99. The van der Waals surface area contributed by atoms with E-state index in [9.17, 15) is 14.7 Å². The lowest BCUT2D eigenvalue weighted by Gasteiger charge is -2.40. The molecule has 1 fully saturated rings. The molecule has 0 aliphatic carbocycles. The van der Waals surface area contributed by atoms with Crippen molar-refractivity contribution < 1.29 is 24.2 Å². The van der Waals surface area contributed by atoms with Gasteiger partial charge in [0, 0.05) is 38.3 Å². The lowest BCUT2D eigenvalue weighted by molar-refractivity contribution is 0.0000000260. The molecule has 8 heteroatoms. The van der Waals surface area contributed by atoms with Crippen molar-refractivity contribution in [1.82, 2.24) is 15.1 Å². The summed E-state index contributed by atoms with van der Waals surface area (Å²) in [5.41, 5.74) is 0.394. The minimum Gasteiger partial charge on any atom is -0.496 e. The van der Waals surface area contributed by atoms with Crippen LogP contribution in [0.5, 0.6) is 5.75 Å². The number of hydrogen-bond acceptors (Lipinski definition) is 5. The lowest BCUT2D eigenvalue weighted by Crippen LogP contribution is -2.59. The second kappa shape index (κ2) is 8.94. The Morgan fingerprint density at radius 1 is 1.26 bits per heavy atom. The van der Waals surface area contributed by atoms with Gasteiger partial charge in [0.2, 0.25) is 0 Å². The van der Waals surface area contributed by atoms with Gasteiger partial charge in [-0.2, -0.15) is 0 Å². The fraction of sp³-hybridized carbons (Fsp3) is 0.579.